The third-order valence-corrected chi connectivity index (χ3v) is 5.49. The molecule has 2 aromatic rings. The minimum atomic E-state index is -0.710. The molecule has 0 aliphatic rings. The van der Waals surface area contributed by atoms with E-state index < -0.39 is 11.9 Å². The molecular weight excluding hydrogens is 437 g/mol. The summed E-state index contributed by atoms with van der Waals surface area (Å²) in [6.07, 6.45) is 3.90. The van der Waals surface area contributed by atoms with E-state index in [0.29, 0.717) is 17.1 Å². The summed E-state index contributed by atoms with van der Waals surface area (Å²) in [7, 11) is 0. The van der Waals surface area contributed by atoms with Crippen LogP contribution in [-0.4, -0.2) is 52.2 Å². The maximum Gasteiger partial charge on any atom is 0.253 e. The maximum atomic E-state index is 12.9. The number of likely N-dealkylation sites (N-methyl/N-ethyl adjacent to an activating group) is 1. The van der Waals surface area contributed by atoms with Gasteiger partial charge in [-0.15, -0.1) is 0 Å². The quantitative estimate of drug-likeness (QED) is 0.515. The highest BCUT2D eigenvalue weighted by Gasteiger charge is 2.24. The number of carbonyl (C=O) groups excluding carboxylic acids is 2. The highest BCUT2D eigenvalue weighted by molar-refractivity contribution is 6.36. The average molecular weight is 468 g/mol. The van der Waals surface area contributed by atoms with Gasteiger partial charge in [0.1, 0.15) is 6.04 Å². The van der Waals surface area contributed by atoms with Crippen LogP contribution in [-0.2, 0) is 11.3 Å². The number of hydrogen-bond donors (Lipinski definition) is 2. The monoisotopic (exact) mass is 467 g/mol. The summed E-state index contributed by atoms with van der Waals surface area (Å²) in [5.74, 6) is -0.513. The van der Waals surface area contributed by atoms with Crippen molar-refractivity contribution in [3.8, 4) is 0 Å². The van der Waals surface area contributed by atoms with Crippen LogP contribution in [0, 0.1) is 5.92 Å². The zero-order valence-corrected chi connectivity index (χ0v) is 20.0. The zero-order valence-electron chi connectivity index (χ0n) is 18.5. The molecule has 2 N–H and O–H groups in total. The van der Waals surface area contributed by atoms with Gasteiger partial charge in [-0.3, -0.25) is 14.3 Å². The highest BCUT2D eigenvalue weighted by Crippen LogP contribution is 2.21. The van der Waals surface area contributed by atoms with Gasteiger partial charge in [-0.1, -0.05) is 50.9 Å². The smallest absolute Gasteiger partial charge is 0.253 e. The second-order valence-electron chi connectivity index (χ2n) is 7.79. The Hall–Kier alpha value is -2.09. The molecule has 0 radical (unpaired) electrons. The summed E-state index contributed by atoms with van der Waals surface area (Å²) in [4.78, 5) is 27.9. The minimum absolute atomic E-state index is 0.202. The molecule has 0 saturated carbocycles. The van der Waals surface area contributed by atoms with E-state index in [0.717, 1.165) is 26.2 Å². The van der Waals surface area contributed by atoms with Gasteiger partial charge in [0.05, 0.1) is 29.0 Å². The standard InChI is InChI=1S/C22H31Cl2N5O2/c1-5-28(6-2)9-10-29-14-17(13-25-29)26-22(31)20(11-15(3)4)27-21(30)18-8-7-16(23)12-19(18)24/h7-8,12-15,20H,5-6,9-11H2,1-4H3,(H,26,31)(H,27,30). The molecule has 0 aliphatic heterocycles. The average Bonchev–Trinajstić information content (AvgIpc) is 3.15. The van der Waals surface area contributed by atoms with Crippen LogP contribution in [0.25, 0.3) is 0 Å². The lowest BCUT2D eigenvalue weighted by molar-refractivity contribution is -0.118. The Labute approximate surface area is 194 Å². The van der Waals surface area contributed by atoms with Crippen LogP contribution in [0.1, 0.15) is 44.5 Å². The van der Waals surface area contributed by atoms with Crippen molar-refractivity contribution in [1.82, 2.24) is 20.0 Å². The molecule has 1 heterocycles. The number of halogens is 2. The normalized spacial score (nSPS) is 12.3. The molecule has 1 aromatic heterocycles. The molecule has 0 spiro atoms. The van der Waals surface area contributed by atoms with Gasteiger partial charge in [0, 0.05) is 17.8 Å². The Kier molecular flexibility index (Phi) is 9.81. The van der Waals surface area contributed by atoms with Crippen molar-refractivity contribution in [2.24, 2.45) is 5.92 Å². The van der Waals surface area contributed by atoms with Crippen molar-refractivity contribution in [2.45, 2.75) is 46.7 Å². The Balaban J connectivity index is 2.03. The molecule has 170 valence electrons. The first kappa shape index (κ1) is 25.2. The first-order valence-electron chi connectivity index (χ1n) is 10.5. The number of carbonyl (C=O) groups is 2. The molecule has 2 rings (SSSR count). The summed E-state index contributed by atoms with van der Waals surface area (Å²) in [6, 6.07) is 3.93. The topological polar surface area (TPSA) is 79.3 Å². The van der Waals surface area contributed by atoms with Crippen LogP contribution >= 0.6 is 23.2 Å². The Morgan fingerprint density at radius 2 is 1.90 bits per heavy atom. The maximum absolute atomic E-state index is 12.9. The minimum Gasteiger partial charge on any atom is -0.340 e. The molecule has 0 aliphatic carbocycles. The van der Waals surface area contributed by atoms with E-state index in [1.165, 1.54) is 6.07 Å². The number of hydrogen-bond acceptors (Lipinski definition) is 4. The van der Waals surface area contributed by atoms with Gasteiger partial charge < -0.3 is 15.5 Å². The molecule has 0 bridgehead atoms. The van der Waals surface area contributed by atoms with E-state index in [9.17, 15) is 9.59 Å². The molecule has 0 fully saturated rings. The molecule has 1 unspecified atom stereocenters. The highest BCUT2D eigenvalue weighted by atomic mass is 35.5. The molecule has 1 aromatic carbocycles. The van der Waals surface area contributed by atoms with Crippen molar-refractivity contribution >= 4 is 40.7 Å². The van der Waals surface area contributed by atoms with E-state index in [2.05, 4.69) is 34.5 Å². The van der Waals surface area contributed by atoms with Crippen LogP contribution in [0.3, 0.4) is 0 Å². The number of amides is 2. The number of rotatable bonds is 11. The van der Waals surface area contributed by atoms with Crippen molar-refractivity contribution in [2.75, 3.05) is 25.0 Å². The number of nitrogens with zero attached hydrogens (tertiary/aromatic N) is 3. The SMILES string of the molecule is CCN(CC)CCn1cc(NC(=O)C(CC(C)C)NC(=O)c2ccc(Cl)cc2Cl)cn1. The summed E-state index contributed by atoms with van der Waals surface area (Å²) in [6.45, 7) is 11.8. The lowest BCUT2D eigenvalue weighted by atomic mass is 10.0. The third-order valence-electron chi connectivity index (χ3n) is 4.95. The number of nitrogens with one attached hydrogen (secondary N) is 2. The summed E-state index contributed by atoms with van der Waals surface area (Å²) in [5.41, 5.74) is 0.869. The van der Waals surface area contributed by atoms with Gasteiger partial charge in [-0.25, -0.2) is 0 Å². The first-order valence-corrected chi connectivity index (χ1v) is 11.3. The Bertz CT molecular complexity index is 881. The third kappa shape index (κ3) is 7.83. The Morgan fingerprint density at radius 3 is 2.52 bits per heavy atom. The first-order chi connectivity index (χ1) is 14.7. The van der Waals surface area contributed by atoms with Gasteiger partial charge in [0.2, 0.25) is 5.91 Å². The van der Waals surface area contributed by atoms with Crippen LogP contribution in [0.4, 0.5) is 5.69 Å². The fourth-order valence-electron chi connectivity index (χ4n) is 3.18. The van der Waals surface area contributed by atoms with Crippen LogP contribution < -0.4 is 10.6 Å². The fraction of sp³-hybridized carbons (Fsp3) is 0.500. The molecule has 31 heavy (non-hydrogen) atoms. The van der Waals surface area contributed by atoms with Crippen LogP contribution in [0.5, 0.6) is 0 Å². The molecule has 1 atom stereocenters. The van der Waals surface area contributed by atoms with E-state index >= 15 is 0 Å². The van der Waals surface area contributed by atoms with Gasteiger partial charge in [0.25, 0.3) is 5.91 Å². The fourth-order valence-corrected chi connectivity index (χ4v) is 3.67. The summed E-state index contributed by atoms with van der Waals surface area (Å²) in [5, 5.41) is 10.7. The van der Waals surface area contributed by atoms with Crippen LogP contribution in [0.15, 0.2) is 30.6 Å². The predicted octanol–water partition coefficient (Wildman–Crippen LogP) is 4.31. The van der Waals surface area contributed by atoms with Crippen molar-refractivity contribution in [1.29, 1.82) is 0 Å². The van der Waals surface area contributed by atoms with Crippen LogP contribution in [0.2, 0.25) is 10.0 Å². The summed E-state index contributed by atoms with van der Waals surface area (Å²) >= 11 is 12.0. The Morgan fingerprint density at radius 1 is 1.19 bits per heavy atom. The van der Waals surface area contributed by atoms with Crippen molar-refractivity contribution < 1.29 is 9.59 Å². The van der Waals surface area contributed by atoms with Gasteiger partial charge in [-0.2, -0.15) is 5.10 Å². The van der Waals surface area contributed by atoms with Gasteiger partial charge in [-0.05, 0) is 43.6 Å². The van der Waals surface area contributed by atoms with Crippen molar-refractivity contribution in [3.63, 3.8) is 0 Å². The lowest BCUT2D eigenvalue weighted by Gasteiger charge is -2.20. The molecular formula is C22H31Cl2N5O2. The largest absolute Gasteiger partial charge is 0.340 e. The second-order valence-corrected chi connectivity index (χ2v) is 8.63. The lowest BCUT2D eigenvalue weighted by Crippen LogP contribution is -2.44. The number of aromatic nitrogens is 2. The van der Waals surface area contributed by atoms with Crippen molar-refractivity contribution in [3.05, 3.63) is 46.2 Å². The zero-order chi connectivity index (χ0) is 23.0. The van der Waals surface area contributed by atoms with E-state index in [-0.39, 0.29) is 22.4 Å². The number of benzene rings is 1. The molecule has 7 nitrogen and oxygen atoms in total. The molecule has 9 heteroatoms. The predicted molar refractivity (Wildman–Crippen MR) is 126 cm³/mol. The number of anilines is 1. The van der Waals surface area contributed by atoms with Gasteiger partial charge in [0.15, 0.2) is 0 Å². The van der Waals surface area contributed by atoms with E-state index in [1.54, 1.807) is 29.2 Å². The summed E-state index contributed by atoms with van der Waals surface area (Å²) < 4.78 is 1.80. The molecule has 0 saturated heterocycles. The van der Waals surface area contributed by atoms with E-state index in [4.69, 9.17) is 23.2 Å². The second kappa shape index (κ2) is 12.1. The molecule has 2 amide bonds. The van der Waals surface area contributed by atoms with E-state index in [1.807, 2.05) is 13.8 Å². The van der Waals surface area contributed by atoms with Gasteiger partial charge >= 0.3 is 0 Å².